The minimum absolute atomic E-state index is 0.0949. The number of rotatable bonds is 2. The summed E-state index contributed by atoms with van der Waals surface area (Å²) in [6.45, 7) is 7.35. The molecule has 1 saturated heterocycles. The van der Waals surface area contributed by atoms with E-state index < -0.39 is 5.60 Å². The molecule has 0 aromatic heterocycles. The summed E-state index contributed by atoms with van der Waals surface area (Å²) < 4.78 is 0. The Kier molecular flexibility index (Phi) is 3.81. The van der Waals surface area contributed by atoms with Crippen LogP contribution in [0.5, 0.6) is 0 Å². The number of allylic oxidation sites excluding steroid dienone is 1. The van der Waals surface area contributed by atoms with E-state index in [4.69, 9.17) is 0 Å². The first kappa shape index (κ1) is 13.6. The summed E-state index contributed by atoms with van der Waals surface area (Å²) in [5.41, 5.74) is 0.507. The van der Waals surface area contributed by atoms with E-state index >= 15 is 0 Å². The lowest BCUT2D eigenvalue weighted by Crippen LogP contribution is -2.57. The van der Waals surface area contributed by atoms with Crippen molar-refractivity contribution in [3.05, 3.63) is 11.6 Å². The van der Waals surface area contributed by atoms with Gasteiger partial charge in [-0.2, -0.15) is 0 Å². The molecule has 0 spiro atoms. The van der Waals surface area contributed by atoms with Crippen molar-refractivity contribution < 1.29 is 9.90 Å². The van der Waals surface area contributed by atoms with Gasteiger partial charge in [-0.1, -0.05) is 18.9 Å². The van der Waals surface area contributed by atoms with Crippen LogP contribution < -0.4 is 0 Å². The molecule has 0 radical (unpaired) electrons. The number of hydrogen-bond donors (Lipinski definition) is 1. The molecule has 0 bridgehead atoms. The van der Waals surface area contributed by atoms with Crippen molar-refractivity contribution in [1.82, 2.24) is 4.90 Å². The fourth-order valence-corrected chi connectivity index (χ4v) is 3.19. The number of nitrogens with zero attached hydrogens (tertiary/aromatic N) is 1. The van der Waals surface area contributed by atoms with E-state index in [2.05, 4.69) is 6.92 Å². The van der Waals surface area contributed by atoms with Crippen LogP contribution in [0, 0.1) is 11.8 Å². The van der Waals surface area contributed by atoms with E-state index in [1.54, 1.807) is 6.08 Å². The van der Waals surface area contributed by atoms with Crippen LogP contribution in [0.2, 0.25) is 0 Å². The lowest BCUT2D eigenvalue weighted by Gasteiger charge is -2.50. The van der Waals surface area contributed by atoms with Crippen LogP contribution in [0.15, 0.2) is 11.6 Å². The molecule has 0 aromatic rings. The third-order valence-corrected chi connectivity index (χ3v) is 4.67. The summed E-state index contributed by atoms with van der Waals surface area (Å²) in [5, 5.41) is 10.8. The maximum absolute atomic E-state index is 12.0. The first-order valence-corrected chi connectivity index (χ1v) is 7.09. The Bertz CT molecular complexity index is 356. The van der Waals surface area contributed by atoms with Gasteiger partial charge in [-0.25, -0.2) is 0 Å². The van der Waals surface area contributed by atoms with Crippen molar-refractivity contribution in [2.24, 2.45) is 11.8 Å². The topological polar surface area (TPSA) is 40.5 Å². The summed E-state index contributed by atoms with van der Waals surface area (Å²) in [4.78, 5) is 13.9. The molecule has 1 amide bonds. The van der Waals surface area contributed by atoms with E-state index in [0.717, 1.165) is 24.8 Å². The smallest absolute Gasteiger partial charge is 0.246 e. The number of piperidine rings is 1. The van der Waals surface area contributed by atoms with Crippen LogP contribution in [-0.4, -0.2) is 34.6 Å². The number of hydrogen-bond acceptors (Lipinski definition) is 2. The summed E-state index contributed by atoms with van der Waals surface area (Å²) in [6, 6.07) is 0. The van der Waals surface area contributed by atoms with Gasteiger partial charge in [0.2, 0.25) is 5.91 Å². The van der Waals surface area contributed by atoms with Crippen molar-refractivity contribution in [2.75, 3.05) is 13.1 Å². The van der Waals surface area contributed by atoms with Gasteiger partial charge in [0.1, 0.15) is 0 Å². The van der Waals surface area contributed by atoms with Gasteiger partial charge in [-0.3, -0.25) is 4.79 Å². The number of likely N-dealkylation sites (tertiary alicyclic amines) is 1. The molecule has 0 unspecified atom stereocenters. The van der Waals surface area contributed by atoms with Gasteiger partial charge in [0.05, 0.1) is 5.60 Å². The van der Waals surface area contributed by atoms with Crippen LogP contribution in [0.25, 0.3) is 0 Å². The second kappa shape index (κ2) is 5.04. The second-order valence-electron chi connectivity index (χ2n) is 6.28. The molecule has 1 heterocycles. The second-order valence-corrected chi connectivity index (χ2v) is 6.28. The minimum Gasteiger partial charge on any atom is -0.389 e. The number of carbonyl (C=O) groups excluding carboxylic acids is 1. The summed E-state index contributed by atoms with van der Waals surface area (Å²) >= 11 is 0. The fourth-order valence-electron chi connectivity index (χ4n) is 3.19. The van der Waals surface area contributed by atoms with E-state index in [1.807, 2.05) is 18.7 Å². The van der Waals surface area contributed by atoms with Gasteiger partial charge in [0.15, 0.2) is 0 Å². The number of aliphatic hydroxyl groups is 1. The SMILES string of the molecule is CC(C)=CC(=O)N1CC[C@@](O)(C2CCC2)[C@H](C)C1. The number of carbonyl (C=O) groups is 1. The quantitative estimate of drug-likeness (QED) is 0.765. The van der Waals surface area contributed by atoms with Gasteiger partial charge in [-0.15, -0.1) is 0 Å². The highest BCUT2D eigenvalue weighted by atomic mass is 16.3. The summed E-state index contributed by atoms with van der Waals surface area (Å²) in [7, 11) is 0. The maximum atomic E-state index is 12.0. The molecule has 2 rings (SSSR count). The third-order valence-electron chi connectivity index (χ3n) is 4.67. The fraction of sp³-hybridized carbons (Fsp3) is 0.800. The molecule has 0 aromatic carbocycles. The van der Waals surface area contributed by atoms with Crippen LogP contribution in [-0.2, 0) is 4.79 Å². The normalized spacial score (nSPS) is 32.9. The monoisotopic (exact) mass is 251 g/mol. The lowest BCUT2D eigenvalue weighted by molar-refractivity contribution is -0.146. The standard InChI is InChI=1S/C15H25NO2/c1-11(2)9-14(17)16-8-7-15(18,12(3)10-16)13-5-4-6-13/h9,12-13,18H,4-8,10H2,1-3H3/t12-,15+/m1/s1. The van der Waals surface area contributed by atoms with Crippen molar-refractivity contribution in [3.63, 3.8) is 0 Å². The molecule has 1 N–H and O–H groups in total. The van der Waals surface area contributed by atoms with E-state index in [0.29, 0.717) is 19.0 Å². The summed E-state index contributed by atoms with van der Waals surface area (Å²) in [6.07, 6.45) is 5.99. The summed E-state index contributed by atoms with van der Waals surface area (Å²) in [5.74, 6) is 0.747. The first-order valence-electron chi connectivity index (χ1n) is 7.09. The Hall–Kier alpha value is -0.830. The average Bonchev–Trinajstić information content (AvgIpc) is 2.18. The predicted molar refractivity (Wildman–Crippen MR) is 72.1 cm³/mol. The molecule has 3 heteroatoms. The van der Waals surface area contributed by atoms with Gasteiger partial charge in [0, 0.05) is 25.1 Å². The maximum Gasteiger partial charge on any atom is 0.246 e. The average molecular weight is 251 g/mol. The molecule has 102 valence electrons. The van der Waals surface area contributed by atoms with Crippen LogP contribution in [0.1, 0.15) is 46.5 Å². The molecule has 2 atom stereocenters. The molecule has 18 heavy (non-hydrogen) atoms. The van der Waals surface area contributed by atoms with Gasteiger partial charge in [-0.05, 0) is 39.0 Å². The van der Waals surface area contributed by atoms with Crippen molar-refractivity contribution >= 4 is 5.91 Å². The molecule has 3 nitrogen and oxygen atoms in total. The third kappa shape index (κ3) is 2.46. The zero-order valence-electron chi connectivity index (χ0n) is 11.8. The number of amides is 1. The highest BCUT2D eigenvalue weighted by Crippen LogP contribution is 2.44. The van der Waals surface area contributed by atoms with Crippen molar-refractivity contribution in [1.29, 1.82) is 0 Å². The Morgan fingerprint density at radius 1 is 1.39 bits per heavy atom. The Morgan fingerprint density at radius 3 is 2.50 bits per heavy atom. The van der Waals surface area contributed by atoms with Crippen molar-refractivity contribution in [2.45, 2.75) is 52.1 Å². The van der Waals surface area contributed by atoms with Crippen LogP contribution in [0.3, 0.4) is 0 Å². The largest absolute Gasteiger partial charge is 0.389 e. The Labute approximate surface area is 110 Å². The molecule has 1 saturated carbocycles. The lowest BCUT2D eigenvalue weighted by atomic mass is 9.65. The minimum atomic E-state index is -0.528. The zero-order chi connectivity index (χ0) is 13.3. The zero-order valence-corrected chi connectivity index (χ0v) is 11.8. The van der Waals surface area contributed by atoms with Gasteiger partial charge >= 0.3 is 0 Å². The van der Waals surface area contributed by atoms with Crippen molar-refractivity contribution in [3.8, 4) is 0 Å². The van der Waals surface area contributed by atoms with Gasteiger partial charge in [0.25, 0.3) is 0 Å². The molecule has 1 aliphatic carbocycles. The highest BCUT2D eigenvalue weighted by molar-refractivity contribution is 5.88. The predicted octanol–water partition coefficient (Wildman–Crippen LogP) is 2.35. The Morgan fingerprint density at radius 2 is 2.06 bits per heavy atom. The first-order chi connectivity index (χ1) is 8.43. The molecule has 1 aliphatic heterocycles. The molecule has 2 fully saturated rings. The van der Waals surface area contributed by atoms with Crippen LogP contribution in [0.4, 0.5) is 0 Å². The molecular weight excluding hydrogens is 226 g/mol. The van der Waals surface area contributed by atoms with Gasteiger partial charge < -0.3 is 10.0 Å². The molecule has 2 aliphatic rings. The highest BCUT2D eigenvalue weighted by Gasteiger charge is 2.47. The van der Waals surface area contributed by atoms with E-state index in [1.165, 1.54) is 6.42 Å². The van der Waals surface area contributed by atoms with Crippen LogP contribution >= 0.6 is 0 Å². The Balaban J connectivity index is 1.99. The molecular formula is C15H25NO2. The van der Waals surface area contributed by atoms with E-state index in [9.17, 15) is 9.90 Å². The van der Waals surface area contributed by atoms with E-state index in [-0.39, 0.29) is 11.8 Å².